The van der Waals surface area contributed by atoms with Gasteiger partial charge in [-0.1, -0.05) is 25.1 Å². The number of rotatable bonds is 5. The maximum absolute atomic E-state index is 13.5. The van der Waals surface area contributed by atoms with Gasteiger partial charge in [0.05, 0.1) is 6.61 Å². The van der Waals surface area contributed by atoms with Gasteiger partial charge in [-0.2, -0.15) is 0 Å². The average molecular weight is 414 g/mol. The number of amides is 3. The van der Waals surface area contributed by atoms with Crippen molar-refractivity contribution in [2.45, 2.75) is 63.8 Å². The molecule has 2 aliphatic heterocycles. The number of carbonyl (C=O) groups excluding carboxylic acids is 3. The maximum Gasteiger partial charge on any atom is 0.256 e. The summed E-state index contributed by atoms with van der Waals surface area (Å²) in [4.78, 5) is 42.5. The normalized spacial score (nSPS) is 24.0. The number of hydrogen-bond acceptors (Lipinski definition) is 4. The first-order valence-corrected chi connectivity index (χ1v) is 11.1. The monoisotopic (exact) mass is 413 g/mol. The van der Waals surface area contributed by atoms with E-state index < -0.39 is 11.8 Å². The predicted octanol–water partition coefficient (Wildman–Crippen LogP) is 2.17. The first-order chi connectivity index (χ1) is 14.4. The minimum atomic E-state index is -0.843. The Bertz CT molecular complexity index is 800. The number of nitrogens with one attached hydrogen (secondary N) is 1. The molecule has 1 aromatic carbocycles. The first kappa shape index (κ1) is 20.8. The molecule has 3 fully saturated rings. The molecule has 2 heterocycles. The molecule has 1 saturated carbocycles. The van der Waals surface area contributed by atoms with Crippen molar-refractivity contribution in [2.24, 2.45) is 5.92 Å². The van der Waals surface area contributed by atoms with E-state index in [1.807, 2.05) is 36.9 Å². The molecule has 1 aromatic rings. The van der Waals surface area contributed by atoms with Crippen LogP contribution >= 0.6 is 0 Å². The molecule has 162 valence electrons. The van der Waals surface area contributed by atoms with Gasteiger partial charge in [-0.05, 0) is 38.3 Å². The fraction of sp³-hybridized carbons (Fsp3) is 0.609. The molecule has 0 radical (unpaired) electrons. The van der Waals surface area contributed by atoms with Gasteiger partial charge in [0.2, 0.25) is 11.8 Å². The van der Waals surface area contributed by atoms with Gasteiger partial charge in [0, 0.05) is 43.5 Å². The molecule has 3 amide bonds. The molecule has 2 saturated heterocycles. The molecule has 7 nitrogen and oxygen atoms in total. The minimum Gasteiger partial charge on any atom is -0.353 e. The second-order valence-corrected chi connectivity index (χ2v) is 8.73. The second-order valence-electron chi connectivity index (χ2n) is 8.73. The van der Waals surface area contributed by atoms with Gasteiger partial charge in [-0.25, -0.2) is 0 Å². The zero-order valence-corrected chi connectivity index (χ0v) is 17.8. The van der Waals surface area contributed by atoms with Crippen LogP contribution in [0.25, 0.3) is 0 Å². The Balaban J connectivity index is 1.57. The highest BCUT2D eigenvalue weighted by atomic mass is 16.5. The quantitative estimate of drug-likeness (QED) is 0.803. The molecule has 4 rings (SSSR count). The summed E-state index contributed by atoms with van der Waals surface area (Å²) in [7, 11) is 0. The van der Waals surface area contributed by atoms with Crippen LogP contribution in [0.5, 0.6) is 0 Å². The van der Waals surface area contributed by atoms with E-state index >= 15 is 0 Å². The molecule has 1 aliphatic carbocycles. The fourth-order valence-electron chi connectivity index (χ4n) is 4.39. The third kappa shape index (κ3) is 3.95. The highest BCUT2D eigenvalue weighted by molar-refractivity contribution is 5.98. The molecule has 3 aliphatic rings. The van der Waals surface area contributed by atoms with Gasteiger partial charge in [0.25, 0.3) is 5.91 Å². The Labute approximate surface area is 177 Å². The van der Waals surface area contributed by atoms with E-state index in [0.717, 1.165) is 19.3 Å². The number of ether oxygens (including phenoxy) is 1. The number of carbonyl (C=O) groups is 3. The summed E-state index contributed by atoms with van der Waals surface area (Å²) in [6.07, 6.45) is 3.82. The minimum absolute atomic E-state index is 0.0285. The molecular weight excluding hydrogens is 382 g/mol. The van der Waals surface area contributed by atoms with Crippen LogP contribution < -0.4 is 5.32 Å². The zero-order valence-electron chi connectivity index (χ0n) is 17.8. The van der Waals surface area contributed by atoms with Crippen molar-refractivity contribution in [1.29, 1.82) is 0 Å². The lowest BCUT2D eigenvalue weighted by atomic mass is 9.96. The molecule has 0 bridgehead atoms. The number of likely N-dealkylation sites (tertiary alicyclic amines) is 1. The van der Waals surface area contributed by atoms with E-state index in [1.54, 1.807) is 17.0 Å². The molecule has 1 spiro atoms. The fourth-order valence-corrected chi connectivity index (χ4v) is 4.39. The summed E-state index contributed by atoms with van der Waals surface area (Å²) in [6, 6.07) is 8.40. The third-order valence-corrected chi connectivity index (χ3v) is 6.59. The summed E-state index contributed by atoms with van der Waals surface area (Å²) in [5.41, 5.74) is -0.301. The first-order valence-electron chi connectivity index (χ1n) is 11.1. The lowest BCUT2D eigenvalue weighted by Gasteiger charge is -2.44. The van der Waals surface area contributed by atoms with Crippen LogP contribution in [-0.4, -0.2) is 65.0 Å². The van der Waals surface area contributed by atoms with Crippen molar-refractivity contribution in [3.05, 3.63) is 35.9 Å². The van der Waals surface area contributed by atoms with Crippen molar-refractivity contribution in [3.8, 4) is 0 Å². The van der Waals surface area contributed by atoms with E-state index in [2.05, 4.69) is 5.32 Å². The molecule has 0 unspecified atom stereocenters. The van der Waals surface area contributed by atoms with Gasteiger partial charge in [0.1, 0.15) is 11.8 Å². The molecule has 7 heteroatoms. The van der Waals surface area contributed by atoms with Gasteiger partial charge >= 0.3 is 0 Å². The summed E-state index contributed by atoms with van der Waals surface area (Å²) in [5.74, 6) is 0.0240. The van der Waals surface area contributed by atoms with E-state index in [-0.39, 0.29) is 36.3 Å². The van der Waals surface area contributed by atoms with Crippen molar-refractivity contribution < 1.29 is 19.1 Å². The lowest BCUT2D eigenvalue weighted by Crippen LogP contribution is -2.60. The second kappa shape index (κ2) is 8.38. The van der Waals surface area contributed by atoms with Gasteiger partial charge in [-0.15, -0.1) is 0 Å². The van der Waals surface area contributed by atoms with Crippen LogP contribution in [0.1, 0.15) is 56.3 Å². The summed E-state index contributed by atoms with van der Waals surface area (Å²) in [5, 5.41) is 3.00. The summed E-state index contributed by atoms with van der Waals surface area (Å²) >= 11 is 0. The Morgan fingerprint density at radius 1 is 1.17 bits per heavy atom. The van der Waals surface area contributed by atoms with Crippen molar-refractivity contribution >= 4 is 17.7 Å². The largest absolute Gasteiger partial charge is 0.353 e. The lowest BCUT2D eigenvalue weighted by molar-refractivity contribution is -0.144. The molecule has 0 aromatic heterocycles. The van der Waals surface area contributed by atoms with E-state index in [4.69, 9.17) is 4.74 Å². The molecule has 1 N–H and O–H groups in total. The van der Waals surface area contributed by atoms with Crippen LogP contribution in [-0.2, 0) is 14.3 Å². The van der Waals surface area contributed by atoms with Crippen LogP contribution in [0.3, 0.4) is 0 Å². The van der Waals surface area contributed by atoms with E-state index in [0.29, 0.717) is 31.5 Å². The van der Waals surface area contributed by atoms with Crippen molar-refractivity contribution in [2.75, 3.05) is 19.7 Å². The predicted molar refractivity (Wildman–Crippen MR) is 112 cm³/mol. The number of nitrogens with zero attached hydrogens (tertiary/aromatic N) is 2. The Morgan fingerprint density at radius 2 is 1.83 bits per heavy atom. The standard InChI is InChI=1S/C23H31N3O4/c1-3-16(2)24-20(27)19-15-30-23(26(19)22(29)17-7-5-4-6-8-17)11-13-25(14-12-23)21(28)18-9-10-18/h4-8,16,18-19H,3,9-15H2,1-2H3,(H,24,27)/t16-,19+/m0/s1. The van der Waals surface area contributed by atoms with Crippen LogP contribution in [0.15, 0.2) is 30.3 Å². The summed E-state index contributed by atoms with van der Waals surface area (Å²) in [6.45, 7) is 5.24. The number of hydrogen-bond donors (Lipinski definition) is 1. The molecule has 30 heavy (non-hydrogen) atoms. The van der Waals surface area contributed by atoms with Gasteiger partial charge in [-0.3, -0.25) is 19.3 Å². The number of benzene rings is 1. The Hall–Kier alpha value is -2.41. The zero-order chi connectivity index (χ0) is 21.3. The van der Waals surface area contributed by atoms with Crippen molar-refractivity contribution in [3.63, 3.8) is 0 Å². The third-order valence-electron chi connectivity index (χ3n) is 6.59. The smallest absolute Gasteiger partial charge is 0.256 e. The van der Waals surface area contributed by atoms with Gasteiger partial charge < -0.3 is 15.0 Å². The number of piperidine rings is 1. The molecule has 2 atom stereocenters. The highest BCUT2D eigenvalue weighted by Crippen LogP contribution is 2.40. The van der Waals surface area contributed by atoms with Crippen LogP contribution in [0.2, 0.25) is 0 Å². The Kier molecular flexibility index (Phi) is 5.82. The van der Waals surface area contributed by atoms with E-state index in [9.17, 15) is 14.4 Å². The van der Waals surface area contributed by atoms with Crippen LogP contribution in [0, 0.1) is 5.92 Å². The highest BCUT2D eigenvalue weighted by Gasteiger charge is 2.54. The average Bonchev–Trinajstić information content (AvgIpc) is 3.56. The van der Waals surface area contributed by atoms with E-state index in [1.165, 1.54) is 0 Å². The summed E-state index contributed by atoms with van der Waals surface area (Å²) < 4.78 is 6.20. The topological polar surface area (TPSA) is 79.0 Å². The Morgan fingerprint density at radius 3 is 2.43 bits per heavy atom. The maximum atomic E-state index is 13.5. The van der Waals surface area contributed by atoms with Gasteiger partial charge in [0.15, 0.2) is 0 Å². The van der Waals surface area contributed by atoms with Crippen molar-refractivity contribution in [1.82, 2.24) is 15.1 Å². The molecular formula is C23H31N3O4. The SMILES string of the molecule is CC[C@H](C)NC(=O)[C@H]1COC2(CCN(C(=O)C3CC3)CC2)N1C(=O)c1ccccc1. The van der Waals surface area contributed by atoms with Crippen LogP contribution in [0.4, 0.5) is 0 Å².